The Balaban J connectivity index is 4.26. The first-order chi connectivity index (χ1) is 4.57. The molecule has 0 unspecified atom stereocenters. The monoisotopic (exact) mass is 143 g/mol. The number of rotatable bonds is 2. The van der Waals surface area contributed by atoms with Crippen molar-refractivity contribution in [2.75, 3.05) is 0 Å². The molecule has 0 aliphatic carbocycles. The van der Waals surface area contributed by atoms with E-state index in [9.17, 15) is 4.39 Å². The predicted octanol–water partition coefficient (Wildman–Crippen LogP) is 2.93. The van der Waals surface area contributed by atoms with Crippen molar-refractivity contribution in [3.05, 3.63) is 11.8 Å². The van der Waals surface area contributed by atoms with Crippen LogP contribution in [0.3, 0.4) is 0 Å². The molecule has 1 nitrogen and oxygen atoms in total. The van der Waals surface area contributed by atoms with E-state index < -0.39 is 0 Å². The molecular weight excluding hydrogens is 129 g/mol. The lowest BCUT2D eigenvalue weighted by Crippen LogP contribution is -1.92. The van der Waals surface area contributed by atoms with Crippen molar-refractivity contribution >= 4 is 5.97 Å². The number of halogens is 1. The number of allylic oxidation sites excluding steroid dienone is 2. The molecular formula is C8H14FN. The zero-order valence-corrected chi connectivity index (χ0v) is 6.98. The maximum atomic E-state index is 12.2. The van der Waals surface area contributed by atoms with Crippen LogP contribution in [0.4, 0.5) is 4.39 Å². The Kier molecular flexibility index (Phi) is 3.93. The summed E-state index contributed by atoms with van der Waals surface area (Å²) in [5.74, 6) is -0.0718. The van der Waals surface area contributed by atoms with Crippen LogP contribution >= 0.6 is 0 Å². The van der Waals surface area contributed by atoms with Gasteiger partial charge in [-0.25, -0.2) is 4.99 Å². The maximum absolute atomic E-state index is 12.2. The zero-order valence-electron chi connectivity index (χ0n) is 6.98. The van der Waals surface area contributed by atoms with Gasteiger partial charge in [0.15, 0.2) is 5.97 Å². The smallest absolute Gasteiger partial charge is 0.186 e. The van der Waals surface area contributed by atoms with Crippen LogP contribution in [0.15, 0.2) is 16.8 Å². The largest absolute Gasteiger partial charge is 0.229 e. The normalized spacial score (nSPS) is 14.6. The second kappa shape index (κ2) is 4.20. The Hall–Kier alpha value is -0.660. The number of aliphatic imine (C=N–C) groups is 1. The van der Waals surface area contributed by atoms with Gasteiger partial charge in [0.05, 0.1) is 0 Å². The second-order valence-electron chi connectivity index (χ2n) is 2.48. The summed E-state index contributed by atoms with van der Waals surface area (Å²) in [5.41, 5.74) is 0.806. The van der Waals surface area contributed by atoms with Gasteiger partial charge in [-0.05, 0) is 12.8 Å². The van der Waals surface area contributed by atoms with Gasteiger partial charge in [0.1, 0.15) is 0 Å². The first kappa shape index (κ1) is 9.34. The summed E-state index contributed by atoms with van der Waals surface area (Å²) >= 11 is 0. The highest BCUT2D eigenvalue weighted by Crippen LogP contribution is 2.10. The Bertz CT molecular complexity index is 153. The summed E-state index contributed by atoms with van der Waals surface area (Å²) in [5, 5.41) is 0. The topological polar surface area (TPSA) is 12.4 Å². The van der Waals surface area contributed by atoms with Gasteiger partial charge < -0.3 is 0 Å². The Morgan fingerprint density at radius 1 is 1.50 bits per heavy atom. The Labute approximate surface area is 61.7 Å². The minimum atomic E-state index is -0.373. The first-order valence-electron chi connectivity index (χ1n) is 3.45. The van der Waals surface area contributed by atoms with Gasteiger partial charge in [0, 0.05) is 12.6 Å². The van der Waals surface area contributed by atoms with Crippen LogP contribution in [0.2, 0.25) is 0 Å². The van der Waals surface area contributed by atoms with E-state index in [1.807, 2.05) is 26.8 Å². The molecule has 0 aromatic carbocycles. The van der Waals surface area contributed by atoms with Crippen LogP contribution in [0.5, 0.6) is 0 Å². The van der Waals surface area contributed by atoms with E-state index in [1.54, 1.807) is 0 Å². The van der Waals surface area contributed by atoms with Crippen LogP contribution in [-0.2, 0) is 0 Å². The van der Waals surface area contributed by atoms with Gasteiger partial charge in [0.25, 0.3) is 0 Å². The number of hydrogen-bond acceptors (Lipinski definition) is 1. The third-order valence-electron chi connectivity index (χ3n) is 1.17. The lowest BCUT2D eigenvalue weighted by Gasteiger charge is -2.02. The molecule has 2 heteroatoms. The fourth-order valence-electron chi connectivity index (χ4n) is 0.705. The summed E-state index contributed by atoms with van der Waals surface area (Å²) in [7, 11) is 0. The highest BCUT2D eigenvalue weighted by Gasteiger charge is 1.99. The van der Waals surface area contributed by atoms with Crippen LogP contribution in [-0.4, -0.2) is 5.97 Å². The summed E-state index contributed by atoms with van der Waals surface area (Å²) in [4.78, 5) is 3.71. The quantitative estimate of drug-likeness (QED) is 0.527. The van der Waals surface area contributed by atoms with Crippen LogP contribution < -0.4 is 0 Å². The van der Waals surface area contributed by atoms with Crippen molar-refractivity contribution in [1.29, 1.82) is 0 Å². The summed E-state index contributed by atoms with van der Waals surface area (Å²) in [6.07, 6.45) is 1.83. The third kappa shape index (κ3) is 3.38. The molecule has 0 aromatic rings. The van der Waals surface area contributed by atoms with E-state index in [4.69, 9.17) is 0 Å². The fraction of sp³-hybridized carbons (Fsp3) is 0.625. The van der Waals surface area contributed by atoms with Gasteiger partial charge in [-0.1, -0.05) is 19.9 Å². The average Bonchev–Trinajstić information content (AvgIpc) is 1.81. The minimum absolute atomic E-state index is 0.302. The van der Waals surface area contributed by atoms with Crippen molar-refractivity contribution in [3.63, 3.8) is 0 Å². The standard InChI is InChI=1S/C8H14FN/c1-5-8(6(2)3)10-7(4)9/h5-6H,1-4H3/b8-5-,10-7?. The second-order valence-corrected chi connectivity index (χ2v) is 2.48. The maximum Gasteiger partial charge on any atom is 0.186 e. The van der Waals surface area contributed by atoms with Gasteiger partial charge in [0.2, 0.25) is 0 Å². The van der Waals surface area contributed by atoms with Gasteiger partial charge in [-0.2, -0.15) is 4.39 Å². The molecule has 0 aromatic heterocycles. The van der Waals surface area contributed by atoms with E-state index in [-0.39, 0.29) is 5.97 Å². The van der Waals surface area contributed by atoms with Crippen molar-refractivity contribution < 1.29 is 4.39 Å². The van der Waals surface area contributed by atoms with Crippen LogP contribution in [0, 0.1) is 5.92 Å². The molecule has 0 spiro atoms. The fourth-order valence-corrected chi connectivity index (χ4v) is 0.705. The van der Waals surface area contributed by atoms with E-state index >= 15 is 0 Å². The predicted molar refractivity (Wildman–Crippen MR) is 42.8 cm³/mol. The van der Waals surface area contributed by atoms with Crippen molar-refractivity contribution in [1.82, 2.24) is 0 Å². The Morgan fingerprint density at radius 3 is 2.10 bits per heavy atom. The third-order valence-corrected chi connectivity index (χ3v) is 1.17. The molecule has 0 saturated carbocycles. The molecule has 0 heterocycles. The summed E-state index contributed by atoms with van der Waals surface area (Å²) in [6, 6.07) is 0. The van der Waals surface area contributed by atoms with Gasteiger partial charge in [-0.3, -0.25) is 0 Å². The van der Waals surface area contributed by atoms with E-state index in [2.05, 4.69) is 4.99 Å². The minimum Gasteiger partial charge on any atom is -0.229 e. The molecule has 10 heavy (non-hydrogen) atoms. The van der Waals surface area contributed by atoms with Crippen molar-refractivity contribution in [2.45, 2.75) is 27.7 Å². The van der Waals surface area contributed by atoms with E-state index in [1.165, 1.54) is 6.92 Å². The van der Waals surface area contributed by atoms with Crippen molar-refractivity contribution in [2.24, 2.45) is 10.9 Å². The molecule has 0 bridgehead atoms. The summed E-state index contributed by atoms with van der Waals surface area (Å²) < 4.78 is 12.2. The highest BCUT2D eigenvalue weighted by molar-refractivity contribution is 5.72. The molecule has 0 N–H and O–H groups in total. The van der Waals surface area contributed by atoms with Gasteiger partial charge in [-0.15, -0.1) is 0 Å². The molecule has 0 saturated heterocycles. The van der Waals surface area contributed by atoms with Crippen LogP contribution in [0.1, 0.15) is 27.7 Å². The molecule has 58 valence electrons. The van der Waals surface area contributed by atoms with E-state index in [0.29, 0.717) is 5.92 Å². The molecule has 0 atom stereocenters. The lowest BCUT2D eigenvalue weighted by molar-refractivity contribution is 0.731. The Morgan fingerprint density at radius 2 is 2.00 bits per heavy atom. The average molecular weight is 143 g/mol. The molecule has 0 amide bonds. The SMILES string of the molecule is C/C=C(\N=C(C)F)C(C)C. The van der Waals surface area contributed by atoms with Gasteiger partial charge >= 0.3 is 0 Å². The van der Waals surface area contributed by atoms with Crippen LogP contribution in [0.25, 0.3) is 0 Å². The molecule has 0 radical (unpaired) electrons. The zero-order chi connectivity index (χ0) is 8.15. The molecule has 0 aliphatic heterocycles. The summed E-state index contributed by atoms with van der Waals surface area (Å²) in [6.45, 7) is 7.19. The van der Waals surface area contributed by atoms with Crippen molar-refractivity contribution in [3.8, 4) is 0 Å². The molecule has 0 rings (SSSR count). The molecule has 0 fully saturated rings. The lowest BCUT2D eigenvalue weighted by atomic mass is 10.1. The van der Waals surface area contributed by atoms with E-state index in [0.717, 1.165) is 5.70 Å². The first-order valence-corrected chi connectivity index (χ1v) is 3.45. The number of hydrogen-bond donors (Lipinski definition) is 0. The highest BCUT2D eigenvalue weighted by atomic mass is 19.1. The molecule has 0 aliphatic rings. The number of nitrogens with zero attached hydrogens (tertiary/aromatic N) is 1.